The molecule has 0 aromatic heterocycles. The molecule has 0 aliphatic carbocycles. The zero-order valence-corrected chi connectivity index (χ0v) is 15.9. The van der Waals surface area contributed by atoms with Crippen LogP contribution in [0.2, 0.25) is 0 Å². The molecule has 8 nitrogen and oxygen atoms in total. The minimum Gasteiger partial charge on any atom is -0.507 e. The molecule has 2 aromatic rings. The number of carbonyl (C=O) groups is 3. The minimum absolute atomic E-state index is 0.102. The van der Waals surface area contributed by atoms with Gasteiger partial charge in [-0.2, -0.15) is 0 Å². The molecule has 0 saturated carbocycles. The van der Waals surface area contributed by atoms with Crippen LogP contribution in [0, 0.1) is 0 Å². The summed E-state index contributed by atoms with van der Waals surface area (Å²) in [6.45, 7) is -0.877. The molecule has 9 heteroatoms. The summed E-state index contributed by atoms with van der Waals surface area (Å²) in [5.74, 6) is -1.92. The van der Waals surface area contributed by atoms with Gasteiger partial charge in [0.15, 0.2) is 6.61 Å². The van der Waals surface area contributed by atoms with E-state index < -0.39 is 24.4 Å². The fourth-order valence-corrected chi connectivity index (χ4v) is 2.39. The number of phenolic OH excluding ortho intramolecular Hbond substituents is 1. The number of methoxy groups -OCH3 is 1. The number of phenols is 1. The highest BCUT2D eigenvalue weighted by Gasteiger charge is 2.15. The summed E-state index contributed by atoms with van der Waals surface area (Å²) in [5, 5.41) is 14.7. The fourth-order valence-electron chi connectivity index (χ4n) is 2.01. The maximum absolute atomic E-state index is 11.9. The van der Waals surface area contributed by atoms with E-state index in [1.54, 1.807) is 24.3 Å². The molecule has 0 bridgehead atoms. The van der Waals surface area contributed by atoms with Gasteiger partial charge >= 0.3 is 5.97 Å². The third-order valence-electron chi connectivity index (χ3n) is 3.35. The number of anilines is 1. The Morgan fingerprint density at radius 3 is 2.52 bits per heavy atom. The summed E-state index contributed by atoms with van der Waals surface area (Å²) >= 11 is 3.29. The lowest BCUT2D eigenvalue weighted by atomic mass is 10.2. The summed E-state index contributed by atoms with van der Waals surface area (Å²) in [4.78, 5) is 35.5. The van der Waals surface area contributed by atoms with Gasteiger partial charge in [0.1, 0.15) is 17.1 Å². The monoisotopic (exact) mass is 436 g/mol. The van der Waals surface area contributed by atoms with Gasteiger partial charge in [0.05, 0.1) is 19.3 Å². The first-order chi connectivity index (χ1) is 12.9. The lowest BCUT2D eigenvalue weighted by Crippen LogP contribution is -2.35. The van der Waals surface area contributed by atoms with Gasteiger partial charge in [-0.15, -0.1) is 0 Å². The third-order valence-corrected chi connectivity index (χ3v) is 4.04. The number of ether oxygens (including phenoxy) is 2. The van der Waals surface area contributed by atoms with Crippen LogP contribution >= 0.6 is 15.9 Å². The van der Waals surface area contributed by atoms with Crippen LogP contribution in [0.4, 0.5) is 5.69 Å². The molecule has 142 valence electrons. The van der Waals surface area contributed by atoms with E-state index in [1.165, 1.54) is 25.3 Å². The van der Waals surface area contributed by atoms with Crippen LogP contribution in [-0.2, 0) is 14.3 Å². The molecule has 2 amide bonds. The summed E-state index contributed by atoms with van der Waals surface area (Å²) in [6, 6.07) is 11.1. The summed E-state index contributed by atoms with van der Waals surface area (Å²) in [6.07, 6.45) is 0. The number of amides is 2. The number of benzene rings is 2. The highest BCUT2D eigenvalue weighted by Crippen LogP contribution is 2.24. The number of halogens is 1. The largest absolute Gasteiger partial charge is 0.507 e. The number of para-hydroxylation sites is 1. The molecule has 0 fully saturated rings. The zero-order valence-electron chi connectivity index (χ0n) is 14.3. The van der Waals surface area contributed by atoms with Crippen molar-refractivity contribution in [1.29, 1.82) is 0 Å². The summed E-state index contributed by atoms with van der Waals surface area (Å²) in [5.41, 5.74) is 0.466. The maximum Gasteiger partial charge on any atom is 0.342 e. The van der Waals surface area contributed by atoms with E-state index in [0.29, 0.717) is 15.9 Å². The van der Waals surface area contributed by atoms with Crippen molar-refractivity contribution in [2.24, 2.45) is 0 Å². The van der Waals surface area contributed by atoms with Gasteiger partial charge < -0.3 is 25.2 Å². The Balaban J connectivity index is 1.78. The van der Waals surface area contributed by atoms with Crippen molar-refractivity contribution in [1.82, 2.24) is 5.32 Å². The van der Waals surface area contributed by atoms with Gasteiger partial charge in [0.25, 0.3) is 5.91 Å². The Kier molecular flexibility index (Phi) is 7.18. The highest BCUT2D eigenvalue weighted by atomic mass is 79.9. The molecule has 2 aromatic carbocycles. The number of hydrogen-bond acceptors (Lipinski definition) is 6. The number of hydrogen-bond donors (Lipinski definition) is 3. The molecule has 3 N–H and O–H groups in total. The number of nitrogens with one attached hydrogen (secondary N) is 2. The van der Waals surface area contributed by atoms with E-state index in [9.17, 15) is 19.5 Å². The molecule has 0 heterocycles. The SMILES string of the molecule is COc1ccc(C(=O)OCC(=O)NCC(=O)Nc2ccccc2Br)c(O)c1. The predicted molar refractivity (Wildman–Crippen MR) is 101 cm³/mol. The minimum atomic E-state index is -0.872. The van der Waals surface area contributed by atoms with Gasteiger partial charge in [-0.05, 0) is 40.2 Å². The van der Waals surface area contributed by atoms with Gasteiger partial charge in [0.2, 0.25) is 5.91 Å². The summed E-state index contributed by atoms with van der Waals surface area (Å²) in [7, 11) is 1.42. The number of rotatable bonds is 7. The average Bonchev–Trinajstić information content (AvgIpc) is 2.66. The molecule has 0 saturated heterocycles. The molecule has 0 aliphatic heterocycles. The smallest absolute Gasteiger partial charge is 0.342 e. The van der Waals surface area contributed by atoms with Crippen LogP contribution in [0.5, 0.6) is 11.5 Å². The number of esters is 1. The Morgan fingerprint density at radius 2 is 1.85 bits per heavy atom. The molecular formula is C18H17BrN2O6. The Labute approximate surface area is 163 Å². The van der Waals surface area contributed by atoms with Crippen LogP contribution in [0.1, 0.15) is 10.4 Å². The first-order valence-electron chi connectivity index (χ1n) is 7.76. The van der Waals surface area contributed by atoms with E-state index in [2.05, 4.69) is 26.6 Å². The second kappa shape index (κ2) is 9.58. The zero-order chi connectivity index (χ0) is 19.8. The molecule has 0 atom stereocenters. The highest BCUT2D eigenvalue weighted by molar-refractivity contribution is 9.10. The van der Waals surface area contributed by atoms with Crippen molar-refractivity contribution >= 4 is 39.4 Å². The predicted octanol–water partition coefficient (Wildman–Crippen LogP) is 2.07. The lowest BCUT2D eigenvalue weighted by molar-refractivity contribution is -0.126. The maximum atomic E-state index is 11.9. The topological polar surface area (TPSA) is 114 Å². The van der Waals surface area contributed by atoms with Crippen molar-refractivity contribution < 1.29 is 29.0 Å². The standard InChI is InChI=1S/C18H17BrN2O6/c1-26-11-6-7-12(15(22)8-11)18(25)27-10-17(24)20-9-16(23)21-14-5-3-2-4-13(14)19/h2-8,22H,9-10H2,1H3,(H,20,24)(H,21,23). The molecule has 0 unspecified atom stereocenters. The quantitative estimate of drug-likeness (QED) is 0.572. The molecule has 0 spiro atoms. The molecule has 27 heavy (non-hydrogen) atoms. The van der Waals surface area contributed by atoms with Crippen molar-refractivity contribution in [2.75, 3.05) is 25.6 Å². The van der Waals surface area contributed by atoms with Crippen LogP contribution in [0.3, 0.4) is 0 Å². The summed E-state index contributed by atoms with van der Waals surface area (Å²) < 4.78 is 10.4. The van der Waals surface area contributed by atoms with Crippen molar-refractivity contribution in [3.63, 3.8) is 0 Å². The van der Waals surface area contributed by atoms with E-state index in [4.69, 9.17) is 9.47 Å². The van der Waals surface area contributed by atoms with Crippen LogP contribution < -0.4 is 15.4 Å². The molecule has 0 aliphatic rings. The van der Waals surface area contributed by atoms with Crippen molar-refractivity contribution in [3.05, 3.63) is 52.5 Å². The van der Waals surface area contributed by atoms with Crippen molar-refractivity contribution in [2.45, 2.75) is 0 Å². The number of aromatic hydroxyl groups is 1. The van der Waals surface area contributed by atoms with E-state index in [1.807, 2.05) is 0 Å². The molecular weight excluding hydrogens is 420 g/mol. The Bertz CT molecular complexity index is 855. The fraction of sp³-hybridized carbons (Fsp3) is 0.167. The van der Waals surface area contributed by atoms with Crippen molar-refractivity contribution in [3.8, 4) is 11.5 Å². The molecule has 0 radical (unpaired) electrons. The van der Waals surface area contributed by atoms with Gasteiger partial charge in [0, 0.05) is 10.5 Å². The van der Waals surface area contributed by atoms with Gasteiger partial charge in [-0.1, -0.05) is 12.1 Å². The Hall–Kier alpha value is -3.07. The molecule has 2 rings (SSSR count). The van der Waals surface area contributed by atoms with E-state index >= 15 is 0 Å². The van der Waals surface area contributed by atoms with E-state index in [0.717, 1.165) is 0 Å². The first-order valence-corrected chi connectivity index (χ1v) is 8.55. The average molecular weight is 437 g/mol. The lowest BCUT2D eigenvalue weighted by Gasteiger charge is -2.09. The van der Waals surface area contributed by atoms with Crippen LogP contribution in [-0.4, -0.2) is 43.2 Å². The normalized spacial score (nSPS) is 10.0. The van der Waals surface area contributed by atoms with Gasteiger partial charge in [-0.3, -0.25) is 9.59 Å². The third kappa shape index (κ3) is 6.00. The second-order valence-electron chi connectivity index (χ2n) is 5.26. The van der Waals surface area contributed by atoms with E-state index in [-0.39, 0.29) is 17.9 Å². The Morgan fingerprint density at radius 1 is 1.11 bits per heavy atom. The first kappa shape index (κ1) is 20.2. The number of carbonyl (C=O) groups excluding carboxylic acids is 3. The van der Waals surface area contributed by atoms with Crippen LogP contribution in [0.25, 0.3) is 0 Å². The second-order valence-corrected chi connectivity index (χ2v) is 6.12. The van der Waals surface area contributed by atoms with Crippen LogP contribution in [0.15, 0.2) is 46.9 Å². The van der Waals surface area contributed by atoms with Gasteiger partial charge in [-0.25, -0.2) is 4.79 Å².